The maximum absolute atomic E-state index is 14.4. The second kappa shape index (κ2) is 6.98. The first kappa shape index (κ1) is 20.9. The van der Waals surface area contributed by atoms with Gasteiger partial charge in [0.15, 0.2) is 0 Å². The normalized spacial score (nSPS) is 16.4. The first-order valence-corrected chi connectivity index (χ1v) is 8.66. The van der Waals surface area contributed by atoms with Gasteiger partial charge in [0.1, 0.15) is 28.4 Å². The summed E-state index contributed by atoms with van der Waals surface area (Å²) in [7, 11) is 0. The van der Waals surface area contributed by atoms with E-state index in [2.05, 4.69) is 5.32 Å². The summed E-state index contributed by atoms with van der Waals surface area (Å²) in [5.74, 6) is -1.62. The van der Waals surface area contributed by atoms with Crippen LogP contribution < -0.4 is 5.32 Å². The molecule has 8 heteroatoms. The van der Waals surface area contributed by atoms with E-state index in [1.54, 1.807) is 41.5 Å². The van der Waals surface area contributed by atoms with E-state index < -0.39 is 40.6 Å². The monoisotopic (exact) mass is 384 g/mol. The lowest BCUT2D eigenvalue weighted by molar-refractivity contribution is -0.0247. The van der Waals surface area contributed by atoms with Gasteiger partial charge in [0.05, 0.1) is 18.7 Å². The van der Waals surface area contributed by atoms with Crippen molar-refractivity contribution in [1.29, 1.82) is 0 Å². The fourth-order valence-electron chi connectivity index (χ4n) is 2.81. The van der Waals surface area contributed by atoms with E-state index in [1.807, 2.05) is 0 Å². The largest absolute Gasteiger partial charge is 0.444 e. The number of amides is 2. The molecule has 1 saturated heterocycles. The molecule has 1 aromatic carbocycles. The molecule has 0 saturated carbocycles. The van der Waals surface area contributed by atoms with Crippen molar-refractivity contribution < 1.29 is 27.8 Å². The maximum atomic E-state index is 14.4. The first-order valence-electron chi connectivity index (χ1n) is 8.66. The Bertz CT molecular complexity index is 712. The summed E-state index contributed by atoms with van der Waals surface area (Å²) in [5.41, 5.74) is -3.24. The van der Waals surface area contributed by atoms with Crippen LogP contribution in [-0.4, -0.2) is 41.4 Å². The molecule has 0 aromatic heterocycles. The van der Waals surface area contributed by atoms with Crippen molar-refractivity contribution in [2.24, 2.45) is 0 Å². The highest BCUT2D eigenvalue weighted by molar-refractivity contribution is 5.73. The number of rotatable bonds is 2. The van der Waals surface area contributed by atoms with Crippen molar-refractivity contribution in [2.45, 2.75) is 58.3 Å². The molecule has 1 aliphatic rings. The summed E-state index contributed by atoms with van der Waals surface area (Å²) >= 11 is 0. The van der Waals surface area contributed by atoms with Crippen LogP contribution >= 0.6 is 0 Å². The Balaban J connectivity index is 2.28. The lowest BCUT2D eigenvalue weighted by Gasteiger charge is -2.50. The fraction of sp³-hybridized carbons (Fsp3) is 0.579. The number of halogens is 2. The van der Waals surface area contributed by atoms with Gasteiger partial charge in [-0.15, -0.1) is 0 Å². The molecule has 6 nitrogen and oxygen atoms in total. The standard InChI is InChI=1S/C19H26F2N2O4/c1-17(2,3)26-15(24)22-19(14-12(20)8-7-9-13(14)21)10-23(11-19)16(25)27-18(4,5)6/h7-9H,10-11H2,1-6H3,(H,22,24). The van der Waals surface area contributed by atoms with Crippen LogP contribution in [0.15, 0.2) is 18.2 Å². The van der Waals surface area contributed by atoms with Crippen LogP contribution in [-0.2, 0) is 15.0 Å². The number of carbonyl (C=O) groups is 2. The molecular weight excluding hydrogens is 358 g/mol. The van der Waals surface area contributed by atoms with Crippen molar-refractivity contribution in [3.63, 3.8) is 0 Å². The minimum Gasteiger partial charge on any atom is -0.444 e. The van der Waals surface area contributed by atoms with E-state index >= 15 is 0 Å². The molecule has 0 spiro atoms. The van der Waals surface area contributed by atoms with Crippen LogP contribution in [0.25, 0.3) is 0 Å². The van der Waals surface area contributed by atoms with Crippen LogP contribution in [0.1, 0.15) is 47.1 Å². The Morgan fingerprint density at radius 1 is 1.00 bits per heavy atom. The number of nitrogens with one attached hydrogen (secondary N) is 1. The maximum Gasteiger partial charge on any atom is 0.410 e. The molecule has 1 aromatic rings. The van der Waals surface area contributed by atoms with Gasteiger partial charge in [-0.05, 0) is 53.7 Å². The minimum absolute atomic E-state index is 0.140. The number of benzene rings is 1. The average molecular weight is 384 g/mol. The molecule has 150 valence electrons. The second-order valence-electron chi connectivity index (χ2n) is 8.64. The third kappa shape index (κ3) is 5.08. The smallest absolute Gasteiger partial charge is 0.410 e. The number of alkyl carbamates (subject to hydrolysis) is 1. The Morgan fingerprint density at radius 2 is 1.48 bits per heavy atom. The van der Waals surface area contributed by atoms with Gasteiger partial charge in [-0.2, -0.15) is 0 Å². The molecule has 0 radical (unpaired) electrons. The highest BCUT2D eigenvalue weighted by Gasteiger charge is 2.52. The Kier molecular flexibility index (Phi) is 5.41. The molecule has 2 rings (SSSR count). The van der Waals surface area contributed by atoms with Gasteiger partial charge < -0.3 is 19.7 Å². The molecule has 1 N–H and O–H groups in total. The molecule has 27 heavy (non-hydrogen) atoms. The molecular formula is C19H26F2N2O4. The average Bonchev–Trinajstić information content (AvgIpc) is 2.39. The lowest BCUT2D eigenvalue weighted by atomic mass is 9.82. The highest BCUT2D eigenvalue weighted by atomic mass is 19.1. The third-order valence-electron chi connectivity index (χ3n) is 3.75. The summed E-state index contributed by atoms with van der Waals surface area (Å²) in [5, 5.41) is 2.54. The van der Waals surface area contributed by atoms with E-state index in [1.165, 1.54) is 11.0 Å². The molecule has 1 aliphatic heterocycles. The van der Waals surface area contributed by atoms with Crippen molar-refractivity contribution in [3.05, 3.63) is 35.4 Å². The number of nitrogens with zero attached hydrogens (tertiary/aromatic N) is 1. The summed E-state index contributed by atoms with van der Waals surface area (Å²) in [6.45, 7) is 9.90. The van der Waals surface area contributed by atoms with Crippen molar-refractivity contribution in [2.75, 3.05) is 13.1 Å². The summed E-state index contributed by atoms with van der Waals surface area (Å²) in [4.78, 5) is 25.7. The minimum atomic E-state index is -1.44. The van der Waals surface area contributed by atoms with E-state index in [-0.39, 0.29) is 18.7 Å². The molecule has 2 amide bonds. The SMILES string of the molecule is CC(C)(C)OC(=O)NC1(c2c(F)cccc2F)CN(C(=O)OC(C)(C)C)C1. The number of ether oxygens (including phenoxy) is 2. The first-order chi connectivity index (χ1) is 12.2. The number of carbonyl (C=O) groups excluding carboxylic acids is 2. The molecule has 0 bridgehead atoms. The summed E-state index contributed by atoms with van der Waals surface area (Å²) < 4.78 is 39.3. The molecule has 0 atom stereocenters. The van der Waals surface area contributed by atoms with Crippen LogP contribution in [0.3, 0.4) is 0 Å². The Hall–Kier alpha value is -2.38. The number of likely N-dealkylation sites (tertiary alicyclic amines) is 1. The van der Waals surface area contributed by atoms with Crippen molar-refractivity contribution in [3.8, 4) is 0 Å². The predicted octanol–water partition coefficient (Wildman–Crippen LogP) is 3.94. The zero-order chi connectivity index (χ0) is 20.6. The van der Waals surface area contributed by atoms with Gasteiger partial charge in [-0.1, -0.05) is 6.07 Å². The Morgan fingerprint density at radius 3 is 1.93 bits per heavy atom. The molecule has 1 fully saturated rings. The van der Waals surface area contributed by atoms with E-state index in [9.17, 15) is 18.4 Å². The quantitative estimate of drug-likeness (QED) is 0.839. The van der Waals surface area contributed by atoms with Crippen LogP contribution in [0.2, 0.25) is 0 Å². The van der Waals surface area contributed by atoms with Gasteiger partial charge in [0.25, 0.3) is 0 Å². The summed E-state index contributed by atoms with van der Waals surface area (Å²) in [6.07, 6.45) is -1.45. The molecule has 0 unspecified atom stereocenters. The molecule has 0 aliphatic carbocycles. The fourth-order valence-corrected chi connectivity index (χ4v) is 2.81. The number of hydrogen-bond donors (Lipinski definition) is 1. The van der Waals surface area contributed by atoms with Gasteiger partial charge in [0, 0.05) is 0 Å². The van der Waals surface area contributed by atoms with E-state index in [0.717, 1.165) is 12.1 Å². The van der Waals surface area contributed by atoms with Crippen LogP contribution in [0.5, 0.6) is 0 Å². The van der Waals surface area contributed by atoms with E-state index in [0.29, 0.717) is 0 Å². The van der Waals surface area contributed by atoms with Gasteiger partial charge in [0.2, 0.25) is 0 Å². The predicted molar refractivity (Wildman–Crippen MR) is 95.2 cm³/mol. The van der Waals surface area contributed by atoms with Crippen LogP contribution in [0, 0.1) is 11.6 Å². The summed E-state index contributed by atoms with van der Waals surface area (Å²) in [6, 6.07) is 3.44. The van der Waals surface area contributed by atoms with Gasteiger partial charge in [-0.25, -0.2) is 18.4 Å². The number of hydrogen-bond acceptors (Lipinski definition) is 4. The highest BCUT2D eigenvalue weighted by Crippen LogP contribution is 2.36. The Labute approximate surface area is 157 Å². The zero-order valence-electron chi connectivity index (χ0n) is 16.5. The molecule has 1 heterocycles. The van der Waals surface area contributed by atoms with E-state index in [4.69, 9.17) is 9.47 Å². The van der Waals surface area contributed by atoms with Crippen molar-refractivity contribution >= 4 is 12.2 Å². The zero-order valence-corrected chi connectivity index (χ0v) is 16.5. The van der Waals surface area contributed by atoms with Gasteiger partial charge >= 0.3 is 12.2 Å². The topological polar surface area (TPSA) is 67.9 Å². The second-order valence-corrected chi connectivity index (χ2v) is 8.64. The van der Waals surface area contributed by atoms with Crippen LogP contribution in [0.4, 0.5) is 18.4 Å². The van der Waals surface area contributed by atoms with Gasteiger partial charge in [-0.3, -0.25) is 0 Å². The third-order valence-corrected chi connectivity index (χ3v) is 3.75. The van der Waals surface area contributed by atoms with Crippen molar-refractivity contribution in [1.82, 2.24) is 10.2 Å². The lowest BCUT2D eigenvalue weighted by Crippen LogP contribution is -2.70.